The minimum absolute atomic E-state index is 0.0458. The van der Waals surface area contributed by atoms with Crippen LogP contribution in [0.1, 0.15) is 35.0 Å². The Morgan fingerprint density at radius 1 is 1.39 bits per heavy atom. The van der Waals surface area contributed by atoms with Gasteiger partial charge in [-0.1, -0.05) is 6.92 Å². The van der Waals surface area contributed by atoms with Gasteiger partial charge in [0, 0.05) is 28.2 Å². The molecule has 2 atom stereocenters. The molecule has 1 aliphatic rings. The number of nitrogens with one attached hydrogen (secondary N) is 2. The quantitative estimate of drug-likeness (QED) is 0.835. The maximum Gasteiger partial charge on any atom is 0.251 e. The summed E-state index contributed by atoms with van der Waals surface area (Å²) < 4.78 is 0. The first kappa shape index (κ1) is 11.3. The molecule has 3 heteroatoms. The Balaban J connectivity index is 1.92. The highest BCUT2D eigenvalue weighted by Crippen LogP contribution is 2.29. The Bertz CT molecular complexity index is 627. The first-order chi connectivity index (χ1) is 8.56. The highest BCUT2D eigenvalue weighted by Gasteiger charge is 2.33. The number of fused-ring (bicyclic) bond motifs is 1. The van der Waals surface area contributed by atoms with Gasteiger partial charge in [0.2, 0.25) is 0 Å². The molecule has 1 aliphatic carbocycles. The van der Waals surface area contributed by atoms with Gasteiger partial charge in [-0.25, -0.2) is 0 Å². The minimum Gasteiger partial charge on any atom is -0.358 e. The van der Waals surface area contributed by atoms with Crippen LogP contribution in [0.4, 0.5) is 0 Å². The van der Waals surface area contributed by atoms with Gasteiger partial charge in [-0.2, -0.15) is 0 Å². The molecule has 1 aromatic carbocycles. The average molecular weight is 242 g/mol. The molecule has 94 valence electrons. The van der Waals surface area contributed by atoms with Crippen molar-refractivity contribution in [3.63, 3.8) is 0 Å². The molecule has 0 saturated heterocycles. The third-order valence-corrected chi connectivity index (χ3v) is 4.00. The first-order valence-electron chi connectivity index (χ1n) is 6.46. The SMILES string of the molecule is Cc1[nH]c2ccc(C(=O)NC3CC3C)cc2c1C. The second-order valence-corrected chi connectivity index (χ2v) is 5.43. The lowest BCUT2D eigenvalue weighted by molar-refractivity contribution is 0.0949. The molecule has 0 bridgehead atoms. The van der Waals surface area contributed by atoms with Gasteiger partial charge in [0.15, 0.2) is 0 Å². The number of benzene rings is 1. The number of hydrogen-bond donors (Lipinski definition) is 2. The van der Waals surface area contributed by atoms with Crippen molar-refractivity contribution < 1.29 is 4.79 Å². The summed E-state index contributed by atoms with van der Waals surface area (Å²) in [6.45, 7) is 6.30. The lowest BCUT2D eigenvalue weighted by Gasteiger charge is -2.04. The van der Waals surface area contributed by atoms with Crippen LogP contribution in [0.15, 0.2) is 18.2 Å². The zero-order chi connectivity index (χ0) is 12.9. The van der Waals surface area contributed by atoms with Crippen LogP contribution in [0.2, 0.25) is 0 Å². The number of aromatic amines is 1. The van der Waals surface area contributed by atoms with Crippen molar-refractivity contribution in [1.82, 2.24) is 10.3 Å². The zero-order valence-corrected chi connectivity index (χ0v) is 11.0. The van der Waals surface area contributed by atoms with Gasteiger partial charge in [0.25, 0.3) is 5.91 Å². The summed E-state index contributed by atoms with van der Waals surface area (Å²) in [6, 6.07) is 6.24. The minimum atomic E-state index is 0.0458. The average Bonchev–Trinajstić information content (AvgIpc) is 2.95. The third kappa shape index (κ3) is 1.80. The largest absolute Gasteiger partial charge is 0.358 e. The Labute approximate surface area is 107 Å². The van der Waals surface area contributed by atoms with Gasteiger partial charge < -0.3 is 10.3 Å². The van der Waals surface area contributed by atoms with Gasteiger partial charge in [-0.3, -0.25) is 4.79 Å². The van der Waals surface area contributed by atoms with Crippen molar-refractivity contribution in [3.8, 4) is 0 Å². The zero-order valence-electron chi connectivity index (χ0n) is 11.0. The molecule has 1 heterocycles. The molecule has 1 aromatic heterocycles. The highest BCUT2D eigenvalue weighted by atomic mass is 16.1. The molecular weight excluding hydrogens is 224 g/mol. The molecule has 2 unspecified atom stereocenters. The van der Waals surface area contributed by atoms with E-state index in [2.05, 4.69) is 31.1 Å². The van der Waals surface area contributed by atoms with Crippen molar-refractivity contribution in [2.24, 2.45) is 5.92 Å². The predicted octanol–water partition coefficient (Wildman–Crippen LogP) is 2.92. The van der Waals surface area contributed by atoms with Crippen LogP contribution in [-0.2, 0) is 0 Å². The molecule has 3 nitrogen and oxygen atoms in total. The Morgan fingerprint density at radius 2 is 2.11 bits per heavy atom. The molecule has 2 N–H and O–H groups in total. The van der Waals surface area contributed by atoms with Crippen molar-refractivity contribution in [2.75, 3.05) is 0 Å². The summed E-state index contributed by atoms with van der Waals surface area (Å²) >= 11 is 0. The number of amides is 1. The summed E-state index contributed by atoms with van der Waals surface area (Å²) in [5.41, 5.74) is 4.24. The fraction of sp³-hybridized carbons (Fsp3) is 0.400. The second kappa shape index (κ2) is 3.87. The molecular formula is C15H18N2O. The fourth-order valence-electron chi connectivity index (χ4n) is 2.38. The number of hydrogen-bond acceptors (Lipinski definition) is 1. The number of carbonyl (C=O) groups excluding carboxylic acids is 1. The maximum absolute atomic E-state index is 12.1. The van der Waals surface area contributed by atoms with Crippen LogP contribution in [0.3, 0.4) is 0 Å². The summed E-state index contributed by atoms with van der Waals surface area (Å²) in [6.07, 6.45) is 1.11. The lowest BCUT2D eigenvalue weighted by Crippen LogP contribution is -2.26. The molecule has 1 fully saturated rings. The monoisotopic (exact) mass is 242 g/mol. The van der Waals surface area contributed by atoms with E-state index < -0.39 is 0 Å². The topological polar surface area (TPSA) is 44.9 Å². The van der Waals surface area contributed by atoms with E-state index >= 15 is 0 Å². The standard InChI is InChI=1S/C15H18N2O/c1-8-6-14(8)17-15(18)11-4-5-13-12(7-11)9(2)10(3)16-13/h4-5,7-8,14,16H,6H2,1-3H3,(H,17,18). The molecule has 2 aromatic rings. The molecule has 1 amide bonds. The van der Waals surface area contributed by atoms with Crippen molar-refractivity contribution in [1.29, 1.82) is 0 Å². The fourth-order valence-corrected chi connectivity index (χ4v) is 2.38. The van der Waals surface area contributed by atoms with Crippen LogP contribution < -0.4 is 5.32 Å². The normalized spacial score (nSPS) is 22.2. The summed E-state index contributed by atoms with van der Waals surface area (Å²) in [7, 11) is 0. The maximum atomic E-state index is 12.1. The van der Waals surface area contributed by atoms with Crippen LogP contribution >= 0.6 is 0 Å². The smallest absolute Gasteiger partial charge is 0.251 e. The van der Waals surface area contributed by atoms with Crippen molar-refractivity contribution >= 4 is 16.8 Å². The van der Waals surface area contributed by atoms with Gasteiger partial charge in [0.05, 0.1) is 0 Å². The van der Waals surface area contributed by atoms with E-state index in [0.29, 0.717) is 12.0 Å². The molecule has 0 spiro atoms. The molecule has 18 heavy (non-hydrogen) atoms. The van der Waals surface area contributed by atoms with Crippen LogP contribution in [-0.4, -0.2) is 16.9 Å². The summed E-state index contributed by atoms with van der Waals surface area (Å²) in [5.74, 6) is 0.679. The number of aromatic nitrogens is 1. The molecule has 0 radical (unpaired) electrons. The highest BCUT2D eigenvalue weighted by molar-refractivity contribution is 5.99. The Kier molecular flexibility index (Phi) is 2.44. The van der Waals surface area contributed by atoms with E-state index in [4.69, 9.17) is 0 Å². The van der Waals surface area contributed by atoms with Crippen molar-refractivity contribution in [2.45, 2.75) is 33.2 Å². The lowest BCUT2D eigenvalue weighted by atomic mass is 10.1. The molecule has 0 aliphatic heterocycles. The number of rotatable bonds is 2. The van der Waals surface area contributed by atoms with Crippen molar-refractivity contribution in [3.05, 3.63) is 35.0 Å². The van der Waals surface area contributed by atoms with E-state index in [1.807, 2.05) is 18.2 Å². The van der Waals surface area contributed by atoms with Gasteiger partial charge >= 0.3 is 0 Å². The van der Waals surface area contributed by atoms with E-state index in [1.54, 1.807) is 0 Å². The molecule has 3 rings (SSSR count). The Morgan fingerprint density at radius 3 is 2.78 bits per heavy atom. The summed E-state index contributed by atoms with van der Waals surface area (Å²) in [5, 5.41) is 4.20. The van der Waals surface area contributed by atoms with E-state index in [1.165, 1.54) is 11.3 Å². The number of carbonyl (C=O) groups is 1. The van der Waals surface area contributed by atoms with E-state index in [0.717, 1.165) is 22.9 Å². The third-order valence-electron chi connectivity index (χ3n) is 4.00. The molecule has 1 saturated carbocycles. The van der Waals surface area contributed by atoms with Crippen LogP contribution in [0.25, 0.3) is 10.9 Å². The Hall–Kier alpha value is -1.77. The predicted molar refractivity (Wildman–Crippen MR) is 72.8 cm³/mol. The van der Waals surface area contributed by atoms with Gasteiger partial charge in [-0.05, 0) is 49.9 Å². The second-order valence-electron chi connectivity index (χ2n) is 5.43. The van der Waals surface area contributed by atoms with Crippen LogP contribution in [0, 0.1) is 19.8 Å². The van der Waals surface area contributed by atoms with E-state index in [9.17, 15) is 4.79 Å². The number of aryl methyl sites for hydroxylation is 2. The van der Waals surface area contributed by atoms with Gasteiger partial charge in [0.1, 0.15) is 0 Å². The van der Waals surface area contributed by atoms with E-state index in [-0.39, 0.29) is 5.91 Å². The number of H-pyrrole nitrogens is 1. The summed E-state index contributed by atoms with van der Waals surface area (Å²) in [4.78, 5) is 15.4. The first-order valence-corrected chi connectivity index (χ1v) is 6.46. The van der Waals surface area contributed by atoms with Gasteiger partial charge in [-0.15, -0.1) is 0 Å². The van der Waals surface area contributed by atoms with Crippen LogP contribution in [0.5, 0.6) is 0 Å².